The fourth-order valence-corrected chi connectivity index (χ4v) is 6.69. The number of ether oxygens (including phenoxy) is 2. The van der Waals surface area contributed by atoms with Crippen LogP contribution in [0.5, 0.6) is 11.5 Å². The molecule has 1 unspecified atom stereocenters. The largest absolute Gasteiger partial charge is 0.493 e. The van der Waals surface area contributed by atoms with Crippen LogP contribution in [0, 0.1) is 0 Å². The Morgan fingerprint density at radius 2 is 1.51 bits per heavy atom. The maximum atomic E-state index is 13.5. The van der Waals surface area contributed by atoms with Crippen LogP contribution in [-0.2, 0) is 39.0 Å². The lowest BCUT2D eigenvalue weighted by Gasteiger charge is -2.29. The fourth-order valence-electron chi connectivity index (χ4n) is 5.18. The van der Waals surface area contributed by atoms with Gasteiger partial charge < -0.3 is 19.7 Å². The second-order valence-electron chi connectivity index (χ2n) is 10.7. The number of aryl methyl sites for hydroxylation is 1. The number of carbonyl (C=O) groups is 2. The van der Waals surface area contributed by atoms with Gasteiger partial charge >= 0.3 is 0 Å². The molecule has 1 fully saturated rings. The van der Waals surface area contributed by atoms with E-state index in [1.54, 1.807) is 50.3 Å². The normalized spacial score (nSPS) is 14.2. The lowest BCUT2D eigenvalue weighted by atomic mass is 10.1. The van der Waals surface area contributed by atoms with Gasteiger partial charge in [0.2, 0.25) is 21.8 Å². The summed E-state index contributed by atoms with van der Waals surface area (Å²) in [6.07, 6.45) is 2.98. The Morgan fingerprint density at radius 1 is 0.860 bits per heavy atom. The van der Waals surface area contributed by atoms with E-state index in [4.69, 9.17) is 9.47 Å². The van der Waals surface area contributed by atoms with Crippen molar-refractivity contribution in [1.29, 1.82) is 0 Å². The summed E-state index contributed by atoms with van der Waals surface area (Å²) in [6, 6.07) is 21.3. The van der Waals surface area contributed by atoms with E-state index in [0.29, 0.717) is 50.5 Å². The monoisotopic (exact) mass is 607 g/mol. The predicted molar refractivity (Wildman–Crippen MR) is 165 cm³/mol. The minimum atomic E-state index is -3.49. The zero-order valence-electron chi connectivity index (χ0n) is 25.1. The van der Waals surface area contributed by atoms with Crippen LogP contribution in [0.3, 0.4) is 0 Å². The Kier molecular flexibility index (Phi) is 11.2. The van der Waals surface area contributed by atoms with Crippen molar-refractivity contribution in [2.75, 3.05) is 33.9 Å². The summed E-state index contributed by atoms with van der Waals surface area (Å²) in [5.74, 6) is 0.880. The highest BCUT2D eigenvalue weighted by Gasteiger charge is 2.28. The van der Waals surface area contributed by atoms with Gasteiger partial charge in [0.25, 0.3) is 0 Å². The molecule has 3 aromatic carbocycles. The number of rotatable bonds is 14. The maximum absolute atomic E-state index is 13.5. The summed E-state index contributed by atoms with van der Waals surface area (Å²) >= 11 is 0. The number of hydrogen-bond acceptors (Lipinski definition) is 6. The van der Waals surface area contributed by atoms with Gasteiger partial charge in [-0.25, -0.2) is 8.42 Å². The molecule has 2 amide bonds. The van der Waals surface area contributed by atoms with Crippen LogP contribution in [-0.4, -0.2) is 69.3 Å². The highest BCUT2D eigenvalue weighted by molar-refractivity contribution is 7.89. The van der Waals surface area contributed by atoms with Crippen molar-refractivity contribution in [2.24, 2.45) is 0 Å². The Bertz CT molecular complexity index is 1470. The Balaban J connectivity index is 1.38. The molecule has 1 aliphatic rings. The van der Waals surface area contributed by atoms with Crippen LogP contribution in [0.25, 0.3) is 0 Å². The van der Waals surface area contributed by atoms with Crippen molar-refractivity contribution in [1.82, 2.24) is 14.5 Å². The summed E-state index contributed by atoms with van der Waals surface area (Å²) in [7, 11) is -0.321. The number of carbonyl (C=O) groups excluding carboxylic acids is 2. The second-order valence-corrected chi connectivity index (χ2v) is 12.6. The molecule has 0 aromatic heterocycles. The lowest BCUT2D eigenvalue weighted by Crippen LogP contribution is -2.48. The zero-order chi connectivity index (χ0) is 30.8. The molecule has 9 nitrogen and oxygen atoms in total. The van der Waals surface area contributed by atoms with Gasteiger partial charge in [-0.1, -0.05) is 48.5 Å². The minimum absolute atomic E-state index is 0.153. The molecule has 0 spiro atoms. The van der Waals surface area contributed by atoms with E-state index in [-0.39, 0.29) is 23.1 Å². The first-order valence-electron chi connectivity index (χ1n) is 14.6. The topological polar surface area (TPSA) is 105 Å². The third kappa shape index (κ3) is 8.36. The first-order chi connectivity index (χ1) is 20.7. The quantitative estimate of drug-likeness (QED) is 0.295. The van der Waals surface area contributed by atoms with Gasteiger partial charge in [0, 0.05) is 32.6 Å². The first kappa shape index (κ1) is 32.0. The van der Waals surface area contributed by atoms with Crippen LogP contribution in [0.1, 0.15) is 42.9 Å². The lowest BCUT2D eigenvalue weighted by molar-refractivity contribution is -0.140. The molecule has 0 saturated carbocycles. The van der Waals surface area contributed by atoms with E-state index in [9.17, 15) is 18.0 Å². The number of sulfonamides is 1. The van der Waals surface area contributed by atoms with Crippen molar-refractivity contribution >= 4 is 21.8 Å². The van der Waals surface area contributed by atoms with Gasteiger partial charge in [0.15, 0.2) is 11.5 Å². The number of benzene rings is 3. The third-order valence-corrected chi connectivity index (χ3v) is 9.69. The van der Waals surface area contributed by atoms with Crippen molar-refractivity contribution < 1.29 is 27.5 Å². The molecule has 1 heterocycles. The average molecular weight is 608 g/mol. The first-order valence-corrected chi connectivity index (χ1v) is 16.1. The maximum Gasteiger partial charge on any atom is 0.243 e. The summed E-state index contributed by atoms with van der Waals surface area (Å²) in [5, 5.41) is 2.97. The molecule has 1 saturated heterocycles. The molecule has 1 N–H and O–H groups in total. The summed E-state index contributed by atoms with van der Waals surface area (Å²) in [6.45, 7) is 3.55. The Morgan fingerprint density at radius 3 is 2.16 bits per heavy atom. The molecule has 0 bridgehead atoms. The average Bonchev–Trinajstić information content (AvgIpc) is 3.59. The van der Waals surface area contributed by atoms with E-state index in [0.717, 1.165) is 29.5 Å². The van der Waals surface area contributed by atoms with Gasteiger partial charge in [-0.15, -0.1) is 0 Å². The number of amides is 2. The summed E-state index contributed by atoms with van der Waals surface area (Å²) in [5.41, 5.74) is 2.78. The smallest absolute Gasteiger partial charge is 0.243 e. The van der Waals surface area contributed by atoms with Crippen molar-refractivity contribution in [3.63, 3.8) is 0 Å². The van der Waals surface area contributed by atoms with Crippen LogP contribution in [0.15, 0.2) is 77.7 Å². The number of nitrogens with zero attached hydrogens (tertiary/aromatic N) is 2. The fraction of sp³-hybridized carbons (Fsp3) is 0.394. The highest BCUT2D eigenvalue weighted by Crippen LogP contribution is 2.27. The van der Waals surface area contributed by atoms with Gasteiger partial charge in [-0.3, -0.25) is 9.59 Å². The molecule has 0 radical (unpaired) electrons. The molecule has 4 rings (SSSR count). The number of nitrogens with one attached hydrogen (secondary N) is 1. The summed E-state index contributed by atoms with van der Waals surface area (Å²) < 4.78 is 37.9. The Hall–Kier alpha value is -3.89. The molecule has 1 aliphatic heterocycles. The number of hydrogen-bond donors (Lipinski definition) is 1. The standard InChI is InChI=1S/C33H41N3O6S/c1-25(33(38)34-20-19-27-13-17-30(41-2)31(23-27)42-3)36(24-28-9-5-4-6-10-28)32(37)18-14-26-11-15-29(16-12-26)43(39,40)35-21-7-8-22-35/h4-6,9-13,15-17,23,25H,7-8,14,18-22,24H2,1-3H3,(H,34,38). The minimum Gasteiger partial charge on any atom is -0.493 e. The van der Waals surface area contributed by atoms with E-state index in [2.05, 4.69) is 5.32 Å². The third-order valence-electron chi connectivity index (χ3n) is 7.78. The Labute approximate surface area is 254 Å². The molecular formula is C33H41N3O6S. The molecule has 43 heavy (non-hydrogen) atoms. The molecular weight excluding hydrogens is 566 g/mol. The van der Waals surface area contributed by atoms with Gasteiger partial charge in [-0.2, -0.15) is 4.31 Å². The molecule has 0 aliphatic carbocycles. The SMILES string of the molecule is COc1ccc(CCNC(=O)C(C)N(Cc2ccccc2)C(=O)CCc2ccc(S(=O)(=O)N3CCCC3)cc2)cc1OC. The van der Waals surface area contributed by atoms with Gasteiger partial charge in [-0.05, 0) is 73.6 Å². The van der Waals surface area contributed by atoms with E-state index < -0.39 is 16.1 Å². The van der Waals surface area contributed by atoms with Gasteiger partial charge in [0.1, 0.15) is 6.04 Å². The van der Waals surface area contributed by atoms with Crippen LogP contribution in [0.4, 0.5) is 0 Å². The van der Waals surface area contributed by atoms with Gasteiger partial charge in [0.05, 0.1) is 19.1 Å². The zero-order valence-corrected chi connectivity index (χ0v) is 25.9. The van der Waals surface area contributed by atoms with Crippen molar-refractivity contribution in [3.8, 4) is 11.5 Å². The molecule has 230 valence electrons. The van der Waals surface area contributed by atoms with E-state index >= 15 is 0 Å². The van der Waals surface area contributed by atoms with E-state index in [1.807, 2.05) is 48.5 Å². The molecule has 10 heteroatoms. The molecule has 3 aromatic rings. The van der Waals surface area contributed by atoms with Crippen molar-refractivity contribution in [2.45, 2.75) is 56.5 Å². The van der Waals surface area contributed by atoms with Crippen LogP contribution >= 0.6 is 0 Å². The highest BCUT2D eigenvalue weighted by atomic mass is 32.2. The number of methoxy groups -OCH3 is 2. The predicted octanol–water partition coefficient (Wildman–Crippen LogP) is 4.20. The molecule has 1 atom stereocenters. The van der Waals surface area contributed by atoms with E-state index in [1.165, 1.54) is 4.31 Å². The second kappa shape index (κ2) is 15.0. The van der Waals surface area contributed by atoms with Crippen molar-refractivity contribution in [3.05, 3.63) is 89.5 Å². The summed E-state index contributed by atoms with van der Waals surface area (Å²) in [4.78, 5) is 28.6. The van der Waals surface area contributed by atoms with Crippen LogP contribution < -0.4 is 14.8 Å². The van der Waals surface area contributed by atoms with Crippen LogP contribution in [0.2, 0.25) is 0 Å².